The van der Waals surface area contributed by atoms with Crippen molar-refractivity contribution in [2.75, 3.05) is 7.05 Å². The Morgan fingerprint density at radius 3 is 2.43 bits per heavy atom. The zero-order valence-corrected chi connectivity index (χ0v) is 15.1. The molecule has 0 N–H and O–H groups in total. The molecule has 3 heterocycles. The van der Waals surface area contributed by atoms with Crippen LogP contribution in [0.4, 0.5) is 0 Å². The first-order valence-electron chi connectivity index (χ1n) is 8.44. The quantitative estimate of drug-likeness (QED) is 0.791. The van der Waals surface area contributed by atoms with Crippen LogP contribution in [-0.2, 0) is 5.41 Å². The molecule has 1 aliphatic carbocycles. The summed E-state index contributed by atoms with van der Waals surface area (Å²) in [6.07, 6.45) is 6.27. The van der Waals surface area contributed by atoms with Gasteiger partial charge in [-0.1, -0.05) is 12.1 Å². The lowest BCUT2D eigenvalue weighted by Crippen LogP contribution is -2.46. The number of hydrogen-bond acceptors (Lipinski definition) is 4. The molecule has 2 bridgehead atoms. The molecule has 0 radical (unpaired) electrons. The zero-order valence-electron chi connectivity index (χ0n) is 13.4. The monoisotopic (exact) mass is 342 g/mol. The molecule has 23 heavy (non-hydrogen) atoms. The minimum Gasteiger partial charge on any atom is -0.300 e. The molecule has 2 aromatic rings. The van der Waals surface area contributed by atoms with Crippen LogP contribution < -0.4 is 0 Å². The third kappa shape index (κ3) is 2.55. The Balaban J connectivity index is 1.71. The largest absolute Gasteiger partial charge is 0.300 e. The topological polar surface area (TPSA) is 27.0 Å². The van der Waals surface area contributed by atoms with Crippen molar-refractivity contribution in [2.24, 2.45) is 5.92 Å². The van der Waals surface area contributed by atoms with Crippen LogP contribution in [0.25, 0.3) is 0 Å². The van der Waals surface area contributed by atoms with Crippen molar-refractivity contribution in [3.05, 3.63) is 44.8 Å². The van der Waals surface area contributed by atoms with Gasteiger partial charge in [0, 0.05) is 21.8 Å². The third-order valence-electron chi connectivity index (χ3n) is 5.89. The van der Waals surface area contributed by atoms with E-state index < -0.39 is 5.41 Å². The number of piperidine rings is 1. The van der Waals surface area contributed by atoms with Crippen molar-refractivity contribution in [1.82, 2.24) is 4.90 Å². The summed E-state index contributed by atoms with van der Waals surface area (Å²) in [5.74, 6) is 0.879. The van der Waals surface area contributed by atoms with E-state index in [1.807, 2.05) is 0 Å². The molecule has 1 saturated heterocycles. The number of hydrogen-bond donors (Lipinski definition) is 0. The highest BCUT2D eigenvalue weighted by molar-refractivity contribution is 7.11. The molecule has 1 aliphatic heterocycles. The molecule has 4 heteroatoms. The molecule has 2 nitrogen and oxygen atoms in total. The second-order valence-electron chi connectivity index (χ2n) is 7.06. The maximum absolute atomic E-state index is 10.2. The van der Waals surface area contributed by atoms with Gasteiger partial charge in [-0.05, 0) is 68.0 Å². The second kappa shape index (κ2) is 6.05. The van der Waals surface area contributed by atoms with Gasteiger partial charge in [0.05, 0.1) is 6.07 Å². The van der Waals surface area contributed by atoms with E-state index in [9.17, 15) is 5.26 Å². The van der Waals surface area contributed by atoms with E-state index in [1.54, 1.807) is 22.7 Å². The van der Waals surface area contributed by atoms with E-state index >= 15 is 0 Å². The van der Waals surface area contributed by atoms with Gasteiger partial charge in [-0.25, -0.2) is 0 Å². The van der Waals surface area contributed by atoms with Crippen LogP contribution in [-0.4, -0.2) is 24.0 Å². The first kappa shape index (κ1) is 15.4. The number of thiophene rings is 2. The fourth-order valence-electron chi connectivity index (χ4n) is 4.58. The van der Waals surface area contributed by atoms with Crippen molar-refractivity contribution >= 4 is 22.7 Å². The zero-order chi connectivity index (χ0) is 15.9. The first-order valence-corrected chi connectivity index (χ1v) is 10.2. The first-order chi connectivity index (χ1) is 11.2. The number of rotatable bonds is 4. The molecule has 2 aliphatic rings. The normalized spacial score (nSPS) is 27.9. The fourth-order valence-corrected chi connectivity index (χ4v) is 6.45. The van der Waals surface area contributed by atoms with Gasteiger partial charge in [-0.3, -0.25) is 0 Å². The van der Waals surface area contributed by atoms with Gasteiger partial charge in [-0.2, -0.15) is 5.26 Å². The second-order valence-corrected chi connectivity index (χ2v) is 8.96. The Morgan fingerprint density at radius 2 is 1.87 bits per heavy atom. The summed E-state index contributed by atoms with van der Waals surface area (Å²) in [6, 6.07) is 12.4. The predicted molar refractivity (Wildman–Crippen MR) is 96.9 cm³/mol. The van der Waals surface area contributed by atoms with E-state index in [0.29, 0.717) is 6.04 Å². The van der Waals surface area contributed by atoms with Gasteiger partial charge in [0.1, 0.15) is 5.41 Å². The van der Waals surface area contributed by atoms with Gasteiger partial charge in [0.2, 0.25) is 0 Å². The Morgan fingerprint density at radius 1 is 1.17 bits per heavy atom. The summed E-state index contributed by atoms with van der Waals surface area (Å²) in [5, 5.41) is 14.4. The summed E-state index contributed by atoms with van der Waals surface area (Å²) in [7, 11) is 2.28. The molecule has 0 spiro atoms. The Labute approximate surface area is 146 Å². The highest BCUT2D eigenvalue weighted by atomic mass is 32.1. The van der Waals surface area contributed by atoms with Crippen LogP contribution in [0, 0.1) is 17.2 Å². The minimum atomic E-state index is -0.474. The third-order valence-corrected chi connectivity index (χ3v) is 7.95. The molecule has 0 aromatic carbocycles. The van der Waals surface area contributed by atoms with Crippen LogP contribution in [0.15, 0.2) is 35.0 Å². The highest BCUT2D eigenvalue weighted by Gasteiger charge is 2.45. The molecule has 120 valence electrons. The standard InChI is InChI=1S/C19H22N2S2/c1-21-15-7-6-14(10-15)11-16(21)12-19(13-20,17-4-2-8-22-17)18-5-3-9-23-18/h2-5,8-9,14-16H,6-7,10-12H2,1H3. The Bertz CT molecular complexity index is 649. The molecule has 3 unspecified atom stereocenters. The predicted octanol–water partition coefficient (Wildman–Crippen LogP) is 4.88. The molecular weight excluding hydrogens is 320 g/mol. The molecule has 0 amide bonds. The van der Waals surface area contributed by atoms with Gasteiger partial charge in [0.25, 0.3) is 0 Å². The average molecular weight is 343 g/mol. The lowest BCUT2D eigenvalue weighted by atomic mass is 9.76. The summed E-state index contributed by atoms with van der Waals surface area (Å²) in [5.41, 5.74) is -0.474. The Kier molecular flexibility index (Phi) is 4.05. The van der Waals surface area contributed by atoms with Crippen molar-refractivity contribution in [3.63, 3.8) is 0 Å². The molecular formula is C19H22N2S2. The summed E-state index contributed by atoms with van der Waals surface area (Å²) >= 11 is 3.45. The number of nitrogens with zero attached hydrogens (tertiary/aromatic N) is 2. The molecule has 4 rings (SSSR count). The van der Waals surface area contributed by atoms with Crippen LogP contribution in [0.2, 0.25) is 0 Å². The lowest BCUT2D eigenvalue weighted by Gasteiger charge is -2.41. The van der Waals surface area contributed by atoms with E-state index in [-0.39, 0.29) is 0 Å². The van der Waals surface area contributed by atoms with Gasteiger partial charge < -0.3 is 4.90 Å². The Hall–Kier alpha value is -1.15. The van der Waals surface area contributed by atoms with Gasteiger partial charge >= 0.3 is 0 Å². The summed E-state index contributed by atoms with van der Waals surface area (Å²) < 4.78 is 0. The maximum atomic E-state index is 10.2. The van der Waals surface area contributed by atoms with Crippen LogP contribution in [0.1, 0.15) is 41.9 Å². The number of nitriles is 1. The van der Waals surface area contributed by atoms with Gasteiger partial charge in [-0.15, -0.1) is 22.7 Å². The number of fused-ring (bicyclic) bond motifs is 2. The van der Waals surface area contributed by atoms with Crippen molar-refractivity contribution in [1.29, 1.82) is 5.26 Å². The van der Waals surface area contributed by atoms with Crippen LogP contribution in [0.5, 0.6) is 0 Å². The fraction of sp³-hybridized carbons (Fsp3) is 0.526. The minimum absolute atomic E-state index is 0.474. The summed E-state index contributed by atoms with van der Waals surface area (Å²) in [6.45, 7) is 0. The molecule has 1 saturated carbocycles. The van der Waals surface area contributed by atoms with E-state index in [0.717, 1.165) is 18.4 Å². The molecule has 2 aromatic heterocycles. The maximum Gasteiger partial charge on any atom is 0.127 e. The SMILES string of the molecule is CN1C2CCC(C2)CC1CC(C#N)(c1cccs1)c1cccs1. The van der Waals surface area contributed by atoms with E-state index in [2.05, 4.69) is 53.0 Å². The van der Waals surface area contributed by atoms with Crippen molar-refractivity contribution in [3.8, 4) is 6.07 Å². The molecule has 3 atom stereocenters. The smallest absolute Gasteiger partial charge is 0.127 e. The van der Waals surface area contributed by atoms with Crippen molar-refractivity contribution in [2.45, 2.75) is 49.6 Å². The lowest BCUT2D eigenvalue weighted by molar-refractivity contribution is 0.104. The van der Waals surface area contributed by atoms with E-state index in [1.165, 1.54) is 35.4 Å². The molecule has 2 fully saturated rings. The van der Waals surface area contributed by atoms with Gasteiger partial charge in [0.15, 0.2) is 0 Å². The average Bonchev–Trinajstić information content (AvgIpc) is 3.32. The number of likely N-dealkylation sites (tertiary alicyclic amines) is 1. The highest BCUT2D eigenvalue weighted by Crippen LogP contribution is 2.46. The van der Waals surface area contributed by atoms with E-state index in [4.69, 9.17) is 0 Å². The van der Waals surface area contributed by atoms with Crippen LogP contribution in [0.3, 0.4) is 0 Å². The van der Waals surface area contributed by atoms with Crippen molar-refractivity contribution < 1.29 is 0 Å². The van der Waals surface area contributed by atoms with Crippen LogP contribution >= 0.6 is 22.7 Å². The summed E-state index contributed by atoms with van der Waals surface area (Å²) in [4.78, 5) is 4.99.